The Bertz CT molecular complexity index is 1070. The van der Waals surface area contributed by atoms with Gasteiger partial charge >= 0.3 is 6.36 Å². The number of aromatic nitrogens is 1. The first-order chi connectivity index (χ1) is 14.4. The van der Waals surface area contributed by atoms with Gasteiger partial charge in [0.25, 0.3) is 0 Å². The summed E-state index contributed by atoms with van der Waals surface area (Å²) in [6.45, 7) is 0.269. The van der Waals surface area contributed by atoms with E-state index in [1.165, 1.54) is 24.1 Å². The second-order valence-corrected chi connectivity index (χ2v) is 10.3. The molecule has 1 aromatic heterocycles. The molecule has 3 rings (SSSR count). The van der Waals surface area contributed by atoms with Crippen molar-refractivity contribution in [2.45, 2.75) is 6.36 Å². The van der Waals surface area contributed by atoms with Crippen LogP contribution in [0.25, 0.3) is 10.2 Å². The van der Waals surface area contributed by atoms with Gasteiger partial charge in [0.1, 0.15) is 5.75 Å². The van der Waals surface area contributed by atoms with E-state index in [1.54, 1.807) is 4.90 Å². The van der Waals surface area contributed by atoms with Crippen molar-refractivity contribution in [3.63, 3.8) is 0 Å². The van der Waals surface area contributed by atoms with Gasteiger partial charge < -0.3 is 15.0 Å². The van der Waals surface area contributed by atoms with Gasteiger partial charge in [-0.15, -0.1) is 13.2 Å². The lowest BCUT2D eigenvalue weighted by atomic mass is 10.3. The van der Waals surface area contributed by atoms with Crippen LogP contribution >= 0.6 is 11.3 Å². The van der Waals surface area contributed by atoms with E-state index in [0.29, 0.717) is 10.2 Å². The molecular weight excluding hydrogens is 461 g/mol. The number of hydrogen-bond acceptors (Lipinski definition) is 8. The number of carbonyl (C=O) groups excluding carboxylic acids is 2. The lowest BCUT2D eigenvalue weighted by Gasteiger charge is -2.27. The third-order valence-electron chi connectivity index (χ3n) is 4.44. The Balaban J connectivity index is 1.53. The van der Waals surface area contributed by atoms with Crippen molar-refractivity contribution >= 4 is 48.3 Å². The van der Waals surface area contributed by atoms with Gasteiger partial charge in [-0.1, -0.05) is 11.3 Å². The van der Waals surface area contributed by atoms with Crippen molar-refractivity contribution in [1.29, 1.82) is 0 Å². The number of sulfone groups is 1. The number of halogens is 3. The smallest absolute Gasteiger partial charge is 0.406 e. The number of carbonyl (C=O) groups is 2. The number of amides is 2. The number of ether oxygens (including phenoxy) is 1. The molecule has 170 valence electrons. The van der Waals surface area contributed by atoms with Crippen molar-refractivity contribution in [1.82, 2.24) is 14.8 Å². The molecule has 1 N–H and O–H groups in total. The lowest BCUT2D eigenvalue weighted by Crippen LogP contribution is -2.46. The average molecular weight is 480 g/mol. The standard InChI is InChI=1S/C17H19F3N4O5S2/c1-23(15(26)10-24-4-6-31(27,28)7-5-24)9-14(25)22-16-21-12-3-2-11(8-13(12)30-16)29-17(18,19)20/h2-3,8H,4-7,9-10H2,1H3,(H,21,22,25). The molecule has 1 saturated heterocycles. The zero-order valence-electron chi connectivity index (χ0n) is 16.3. The van der Waals surface area contributed by atoms with Crippen molar-refractivity contribution in [2.75, 3.05) is 50.0 Å². The van der Waals surface area contributed by atoms with E-state index >= 15 is 0 Å². The highest BCUT2D eigenvalue weighted by atomic mass is 32.2. The first-order valence-electron chi connectivity index (χ1n) is 9.03. The molecule has 0 atom stereocenters. The van der Waals surface area contributed by atoms with Crippen molar-refractivity contribution < 1.29 is 35.9 Å². The maximum atomic E-state index is 12.3. The Kier molecular flexibility index (Phi) is 6.71. The summed E-state index contributed by atoms with van der Waals surface area (Å²) < 4.78 is 64.1. The molecule has 0 saturated carbocycles. The van der Waals surface area contributed by atoms with Gasteiger partial charge in [-0.05, 0) is 12.1 Å². The predicted octanol–water partition coefficient (Wildman–Crippen LogP) is 1.32. The van der Waals surface area contributed by atoms with Gasteiger partial charge in [0.2, 0.25) is 11.8 Å². The lowest BCUT2D eigenvalue weighted by molar-refractivity contribution is -0.274. The summed E-state index contributed by atoms with van der Waals surface area (Å²) >= 11 is 0.971. The first-order valence-corrected chi connectivity index (χ1v) is 11.7. The summed E-state index contributed by atoms with van der Waals surface area (Å²) in [7, 11) is -1.60. The Morgan fingerprint density at radius 2 is 1.97 bits per heavy atom. The van der Waals surface area contributed by atoms with Crippen LogP contribution in [0.3, 0.4) is 0 Å². The highest BCUT2D eigenvalue weighted by Crippen LogP contribution is 2.31. The first kappa shape index (κ1) is 23.2. The minimum atomic E-state index is -4.81. The van der Waals surface area contributed by atoms with Crippen LogP contribution in [0.5, 0.6) is 5.75 Å². The number of benzene rings is 1. The van der Waals surface area contributed by atoms with E-state index in [2.05, 4.69) is 15.0 Å². The van der Waals surface area contributed by atoms with Crippen LogP contribution in [-0.2, 0) is 19.4 Å². The van der Waals surface area contributed by atoms with Crippen LogP contribution in [0.4, 0.5) is 18.3 Å². The molecule has 14 heteroatoms. The van der Waals surface area contributed by atoms with Crippen LogP contribution in [0.2, 0.25) is 0 Å². The number of alkyl halides is 3. The van der Waals surface area contributed by atoms with Crippen LogP contribution < -0.4 is 10.1 Å². The second kappa shape index (κ2) is 8.96. The molecule has 31 heavy (non-hydrogen) atoms. The maximum Gasteiger partial charge on any atom is 0.573 e. The second-order valence-electron chi connectivity index (χ2n) is 6.92. The summed E-state index contributed by atoms with van der Waals surface area (Å²) in [5, 5.41) is 2.69. The van der Waals surface area contributed by atoms with Gasteiger partial charge in [0.05, 0.1) is 34.8 Å². The van der Waals surface area contributed by atoms with Crippen molar-refractivity contribution in [3.8, 4) is 5.75 Å². The molecule has 0 radical (unpaired) electrons. The third kappa shape index (κ3) is 6.77. The molecular formula is C17H19F3N4O5S2. The fourth-order valence-electron chi connectivity index (χ4n) is 2.84. The molecule has 0 aliphatic carbocycles. The number of thiazole rings is 1. The molecule has 2 aromatic rings. The minimum Gasteiger partial charge on any atom is -0.406 e. The van der Waals surface area contributed by atoms with E-state index in [4.69, 9.17) is 0 Å². The Labute approximate surface area is 179 Å². The molecule has 0 bridgehead atoms. The van der Waals surface area contributed by atoms with Crippen LogP contribution in [0, 0.1) is 0 Å². The average Bonchev–Trinajstić information content (AvgIpc) is 3.03. The van der Waals surface area contributed by atoms with E-state index in [9.17, 15) is 31.2 Å². The monoisotopic (exact) mass is 480 g/mol. The number of hydrogen-bond donors (Lipinski definition) is 1. The topological polar surface area (TPSA) is 109 Å². The molecule has 0 spiro atoms. The van der Waals surface area contributed by atoms with E-state index < -0.39 is 27.9 Å². The van der Waals surface area contributed by atoms with E-state index in [1.807, 2.05) is 0 Å². The highest BCUT2D eigenvalue weighted by molar-refractivity contribution is 7.91. The van der Waals surface area contributed by atoms with Gasteiger partial charge in [0, 0.05) is 26.2 Å². The molecule has 1 aliphatic heterocycles. The van der Waals surface area contributed by atoms with E-state index in [0.717, 1.165) is 17.4 Å². The summed E-state index contributed by atoms with van der Waals surface area (Å²) in [6, 6.07) is 3.64. The quantitative estimate of drug-likeness (QED) is 0.664. The van der Waals surface area contributed by atoms with Gasteiger partial charge in [-0.3, -0.25) is 14.5 Å². The van der Waals surface area contributed by atoms with Crippen LogP contribution in [0.15, 0.2) is 18.2 Å². The molecule has 1 aliphatic rings. The molecule has 0 unspecified atom stereocenters. The van der Waals surface area contributed by atoms with Crippen LogP contribution in [-0.4, -0.2) is 86.1 Å². The van der Waals surface area contributed by atoms with Crippen LogP contribution in [0.1, 0.15) is 0 Å². The predicted molar refractivity (Wildman–Crippen MR) is 108 cm³/mol. The Morgan fingerprint density at radius 3 is 2.61 bits per heavy atom. The molecule has 2 amide bonds. The SMILES string of the molecule is CN(CC(=O)Nc1nc2ccc(OC(F)(F)F)cc2s1)C(=O)CN1CCS(=O)(=O)CC1. The summed E-state index contributed by atoms with van der Waals surface area (Å²) in [5.74, 6) is -1.26. The summed E-state index contributed by atoms with van der Waals surface area (Å²) in [4.78, 5) is 31.6. The minimum absolute atomic E-state index is 0.00217. The Morgan fingerprint density at radius 1 is 1.29 bits per heavy atom. The Hall–Kier alpha value is -2.45. The molecule has 9 nitrogen and oxygen atoms in total. The summed E-state index contributed by atoms with van der Waals surface area (Å²) in [6.07, 6.45) is -4.81. The van der Waals surface area contributed by atoms with E-state index in [-0.39, 0.29) is 48.7 Å². The molecule has 1 aromatic carbocycles. The fourth-order valence-corrected chi connectivity index (χ4v) is 5.03. The largest absolute Gasteiger partial charge is 0.573 e. The normalized spacial score (nSPS) is 16.8. The molecule has 1 fully saturated rings. The number of nitrogens with zero attached hydrogens (tertiary/aromatic N) is 3. The number of likely N-dealkylation sites (N-methyl/N-ethyl adjacent to an activating group) is 1. The summed E-state index contributed by atoms with van der Waals surface area (Å²) in [5.41, 5.74) is 0.388. The van der Waals surface area contributed by atoms with Gasteiger partial charge in [-0.2, -0.15) is 0 Å². The zero-order chi connectivity index (χ0) is 22.8. The fraction of sp³-hybridized carbons (Fsp3) is 0.471. The maximum absolute atomic E-state index is 12.3. The third-order valence-corrected chi connectivity index (χ3v) is 6.99. The number of rotatable bonds is 6. The number of anilines is 1. The molecule has 2 heterocycles. The van der Waals surface area contributed by atoms with Crippen molar-refractivity contribution in [3.05, 3.63) is 18.2 Å². The van der Waals surface area contributed by atoms with Gasteiger partial charge in [0.15, 0.2) is 15.0 Å². The number of nitrogens with one attached hydrogen (secondary N) is 1. The van der Waals surface area contributed by atoms with Gasteiger partial charge in [-0.25, -0.2) is 13.4 Å². The zero-order valence-corrected chi connectivity index (χ0v) is 17.9. The number of fused-ring (bicyclic) bond motifs is 1. The van der Waals surface area contributed by atoms with Crippen molar-refractivity contribution in [2.24, 2.45) is 0 Å². The highest BCUT2D eigenvalue weighted by Gasteiger charge is 2.31.